The van der Waals surface area contributed by atoms with Gasteiger partial charge in [0.1, 0.15) is 6.42 Å². The topological polar surface area (TPSA) is 49.4 Å². The van der Waals surface area contributed by atoms with Gasteiger partial charge in [-0.05, 0) is 49.4 Å². The molecule has 0 saturated carbocycles. The Kier molecular flexibility index (Phi) is 5.39. The third kappa shape index (κ3) is 4.56. The summed E-state index contributed by atoms with van der Waals surface area (Å²) in [5.74, 6) is 0.349. The Balaban J connectivity index is 1.86. The highest BCUT2D eigenvalue weighted by molar-refractivity contribution is 9.10. The van der Waals surface area contributed by atoms with Gasteiger partial charge in [0, 0.05) is 23.2 Å². The van der Waals surface area contributed by atoms with Crippen LogP contribution in [0.4, 0.5) is 5.69 Å². The van der Waals surface area contributed by atoms with Gasteiger partial charge in [-0.2, -0.15) is 0 Å². The van der Waals surface area contributed by atoms with Gasteiger partial charge in [-0.3, -0.25) is 9.59 Å². The summed E-state index contributed by atoms with van der Waals surface area (Å²) >= 11 is 3.42. The first-order valence-electron chi connectivity index (χ1n) is 7.29. The fourth-order valence-electron chi connectivity index (χ4n) is 2.43. The van der Waals surface area contributed by atoms with Gasteiger partial charge in [0.25, 0.3) is 0 Å². The van der Waals surface area contributed by atoms with E-state index in [2.05, 4.69) is 28.2 Å². The Morgan fingerprint density at radius 3 is 2.62 bits per heavy atom. The molecule has 1 saturated heterocycles. The second-order valence-corrected chi connectivity index (χ2v) is 6.61. The van der Waals surface area contributed by atoms with E-state index in [1.165, 1.54) is 0 Å². The molecule has 1 aliphatic heterocycles. The van der Waals surface area contributed by atoms with Gasteiger partial charge < -0.3 is 10.2 Å². The number of carbonyl (C=O) groups excluding carboxylic acids is 2. The number of benzene rings is 1. The first-order valence-corrected chi connectivity index (χ1v) is 8.09. The number of carbonyl (C=O) groups is 2. The largest absolute Gasteiger partial charge is 0.342 e. The van der Waals surface area contributed by atoms with Crippen molar-refractivity contribution in [3.8, 4) is 0 Å². The summed E-state index contributed by atoms with van der Waals surface area (Å²) < 4.78 is 0.999. The molecule has 1 aromatic rings. The van der Waals surface area contributed by atoms with E-state index in [0.29, 0.717) is 5.92 Å². The van der Waals surface area contributed by atoms with Crippen LogP contribution in [0.15, 0.2) is 22.7 Å². The van der Waals surface area contributed by atoms with Gasteiger partial charge in [-0.25, -0.2) is 0 Å². The maximum absolute atomic E-state index is 12.1. The minimum absolute atomic E-state index is 0.0757. The molecular weight excluding hydrogens is 332 g/mol. The van der Waals surface area contributed by atoms with E-state index in [9.17, 15) is 9.59 Å². The van der Waals surface area contributed by atoms with Crippen molar-refractivity contribution >= 4 is 33.4 Å². The van der Waals surface area contributed by atoms with Crippen molar-refractivity contribution in [2.45, 2.75) is 33.1 Å². The molecule has 114 valence electrons. The van der Waals surface area contributed by atoms with E-state index in [-0.39, 0.29) is 18.2 Å². The minimum Gasteiger partial charge on any atom is -0.342 e. The Hall–Kier alpha value is -1.36. The molecule has 1 fully saturated rings. The van der Waals surface area contributed by atoms with E-state index in [4.69, 9.17) is 0 Å². The Morgan fingerprint density at radius 2 is 2.00 bits per heavy atom. The third-order valence-electron chi connectivity index (χ3n) is 3.89. The lowest BCUT2D eigenvalue weighted by molar-refractivity contribution is -0.135. The molecule has 0 aromatic heterocycles. The highest BCUT2D eigenvalue weighted by atomic mass is 79.9. The number of hydrogen-bond donors (Lipinski definition) is 1. The molecule has 0 unspecified atom stereocenters. The van der Waals surface area contributed by atoms with Crippen LogP contribution >= 0.6 is 15.9 Å². The van der Waals surface area contributed by atoms with Crippen LogP contribution in [0, 0.1) is 12.8 Å². The van der Waals surface area contributed by atoms with E-state index in [0.717, 1.165) is 41.7 Å². The number of nitrogens with one attached hydrogen (secondary N) is 1. The van der Waals surface area contributed by atoms with Crippen molar-refractivity contribution in [1.82, 2.24) is 4.90 Å². The highest BCUT2D eigenvalue weighted by Gasteiger charge is 2.22. The summed E-state index contributed by atoms with van der Waals surface area (Å²) in [6.45, 7) is 5.69. The normalized spacial score (nSPS) is 15.9. The van der Waals surface area contributed by atoms with Crippen molar-refractivity contribution < 1.29 is 9.59 Å². The zero-order valence-electron chi connectivity index (χ0n) is 12.5. The summed E-state index contributed by atoms with van der Waals surface area (Å²) in [5.41, 5.74) is 1.77. The van der Waals surface area contributed by atoms with E-state index in [1.54, 1.807) is 4.90 Å². The van der Waals surface area contributed by atoms with E-state index < -0.39 is 0 Å². The molecule has 0 radical (unpaired) electrons. The summed E-state index contributed by atoms with van der Waals surface area (Å²) in [6, 6.07) is 5.59. The monoisotopic (exact) mass is 352 g/mol. The van der Waals surface area contributed by atoms with E-state index in [1.807, 2.05) is 25.1 Å². The number of amides is 2. The van der Waals surface area contributed by atoms with Crippen LogP contribution in [-0.2, 0) is 9.59 Å². The lowest BCUT2D eigenvalue weighted by Gasteiger charge is -2.30. The van der Waals surface area contributed by atoms with Crippen molar-refractivity contribution in [1.29, 1.82) is 0 Å². The van der Waals surface area contributed by atoms with Crippen molar-refractivity contribution in [2.75, 3.05) is 18.4 Å². The van der Waals surface area contributed by atoms with Gasteiger partial charge in [0.15, 0.2) is 0 Å². The standard InChI is InChI=1S/C16H21BrN2O2/c1-11-5-7-19(8-6-11)16(21)10-15(20)18-13-3-4-14(17)12(2)9-13/h3-4,9,11H,5-8,10H2,1-2H3,(H,18,20). The lowest BCUT2D eigenvalue weighted by Crippen LogP contribution is -2.39. The molecular formula is C16H21BrN2O2. The molecule has 0 spiro atoms. The average Bonchev–Trinajstić information content (AvgIpc) is 2.43. The second kappa shape index (κ2) is 7.07. The number of anilines is 1. The number of hydrogen-bond acceptors (Lipinski definition) is 2. The summed E-state index contributed by atoms with van der Waals surface area (Å²) in [4.78, 5) is 25.8. The van der Waals surface area contributed by atoms with Gasteiger partial charge >= 0.3 is 0 Å². The first-order chi connectivity index (χ1) is 9.95. The van der Waals surface area contributed by atoms with Crippen molar-refractivity contribution in [3.05, 3.63) is 28.2 Å². The van der Waals surface area contributed by atoms with Gasteiger partial charge in [0.05, 0.1) is 0 Å². The fraction of sp³-hybridized carbons (Fsp3) is 0.500. The molecule has 2 rings (SSSR count). The number of piperidine rings is 1. The number of aryl methyl sites for hydroxylation is 1. The Bertz CT molecular complexity index is 537. The molecule has 1 N–H and O–H groups in total. The van der Waals surface area contributed by atoms with Gasteiger partial charge in [-0.1, -0.05) is 22.9 Å². The van der Waals surface area contributed by atoms with Gasteiger partial charge in [0.2, 0.25) is 11.8 Å². The van der Waals surface area contributed by atoms with Crippen molar-refractivity contribution in [2.24, 2.45) is 5.92 Å². The number of rotatable bonds is 3. The van der Waals surface area contributed by atoms with E-state index >= 15 is 0 Å². The second-order valence-electron chi connectivity index (χ2n) is 5.75. The molecule has 1 aliphatic rings. The molecule has 4 nitrogen and oxygen atoms in total. The maximum atomic E-state index is 12.1. The molecule has 2 amide bonds. The molecule has 21 heavy (non-hydrogen) atoms. The molecule has 5 heteroatoms. The molecule has 0 bridgehead atoms. The number of nitrogens with zero attached hydrogens (tertiary/aromatic N) is 1. The lowest BCUT2D eigenvalue weighted by atomic mass is 9.99. The Morgan fingerprint density at radius 1 is 1.33 bits per heavy atom. The van der Waals surface area contributed by atoms with Crippen LogP contribution in [0.3, 0.4) is 0 Å². The number of halogens is 1. The van der Waals surface area contributed by atoms with Crippen LogP contribution in [0.1, 0.15) is 31.7 Å². The van der Waals surface area contributed by atoms with Crippen LogP contribution in [0.2, 0.25) is 0 Å². The van der Waals surface area contributed by atoms with Crippen LogP contribution in [0.5, 0.6) is 0 Å². The van der Waals surface area contributed by atoms with Crippen LogP contribution < -0.4 is 5.32 Å². The van der Waals surface area contributed by atoms with Crippen LogP contribution in [-0.4, -0.2) is 29.8 Å². The molecule has 0 atom stereocenters. The average molecular weight is 353 g/mol. The predicted molar refractivity (Wildman–Crippen MR) is 87.1 cm³/mol. The summed E-state index contributed by atoms with van der Waals surface area (Å²) in [7, 11) is 0. The first kappa shape index (κ1) is 16.0. The van der Waals surface area contributed by atoms with Gasteiger partial charge in [-0.15, -0.1) is 0 Å². The maximum Gasteiger partial charge on any atom is 0.233 e. The fourth-order valence-corrected chi connectivity index (χ4v) is 2.68. The smallest absolute Gasteiger partial charge is 0.233 e. The molecule has 1 heterocycles. The zero-order chi connectivity index (χ0) is 15.4. The summed E-state index contributed by atoms with van der Waals surface area (Å²) in [6.07, 6.45) is 1.97. The van der Waals surface area contributed by atoms with Crippen LogP contribution in [0.25, 0.3) is 0 Å². The summed E-state index contributed by atoms with van der Waals surface area (Å²) in [5, 5.41) is 2.78. The molecule has 0 aliphatic carbocycles. The predicted octanol–water partition coefficient (Wildman–Crippen LogP) is 3.34. The minimum atomic E-state index is -0.250. The zero-order valence-corrected chi connectivity index (χ0v) is 14.1. The molecule has 1 aromatic carbocycles. The highest BCUT2D eigenvalue weighted by Crippen LogP contribution is 2.20. The SMILES string of the molecule is Cc1cc(NC(=O)CC(=O)N2CCC(C)CC2)ccc1Br. The quantitative estimate of drug-likeness (QED) is 0.848. The van der Waals surface area contributed by atoms with Crippen molar-refractivity contribution in [3.63, 3.8) is 0 Å². The number of likely N-dealkylation sites (tertiary alicyclic amines) is 1. The third-order valence-corrected chi connectivity index (χ3v) is 4.78. The Labute approximate surface area is 134 Å².